The number of nitrogens with one attached hydrogen (secondary N) is 1. The van der Waals surface area contributed by atoms with Crippen molar-refractivity contribution in [3.05, 3.63) is 66.5 Å². The van der Waals surface area contributed by atoms with Crippen molar-refractivity contribution in [2.45, 2.75) is 44.7 Å². The molecule has 0 atom stereocenters. The van der Waals surface area contributed by atoms with E-state index in [1.807, 2.05) is 23.0 Å². The van der Waals surface area contributed by atoms with Crippen LogP contribution < -0.4 is 11.1 Å². The summed E-state index contributed by atoms with van der Waals surface area (Å²) >= 11 is 0. The maximum absolute atomic E-state index is 5.98. The molecule has 1 saturated carbocycles. The van der Waals surface area contributed by atoms with Gasteiger partial charge in [0.25, 0.3) is 0 Å². The van der Waals surface area contributed by atoms with Crippen molar-refractivity contribution in [1.82, 2.24) is 19.7 Å². The molecular weight excluding hydrogens is 372 g/mol. The van der Waals surface area contributed by atoms with Gasteiger partial charge in [0.2, 0.25) is 5.95 Å². The van der Waals surface area contributed by atoms with E-state index in [2.05, 4.69) is 63.0 Å². The van der Waals surface area contributed by atoms with Crippen LogP contribution in [-0.4, -0.2) is 25.8 Å². The predicted molar refractivity (Wildman–Crippen MR) is 121 cm³/mol. The Labute approximate surface area is 176 Å². The van der Waals surface area contributed by atoms with Crippen LogP contribution in [0.4, 0.5) is 11.8 Å². The molecule has 0 amide bonds. The lowest BCUT2D eigenvalue weighted by molar-refractivity contribution is 0.462. The number of hydrogen-bond acceptors (Lipinski definition) is 5. The van der Waals surface area contributed by atoms with E-state index in [1.165, 1.54) is 37.7 Å². The molecule has 0 unspecified atom stereocenters. The van der Waals surface area contributed by atoms with E-state index in [0.717, 1.165) is 34.4 Å². The molecule has 152 valence electrons. The summed E-state index contributed by atoms with van der Waals surface area (Å²) in [6, 6.07) is 17.0. The topological polar surface area (TPSA) is 81.6 Å². The van der Waals surface area contributed by atoms with Gasteiger partial charge in [0, 0.05) is 23.2 Å². The second-order valence-corrected chi connectivity index (χ2v) is 8.05. The summed E-state index contributed by atoms with van der Waals surface area (Å²) in [5.74, 6) is 1.15. The molecule has 1 aliphatic carbocycles. The molecule has 4 aromatic rings. The summed E-state index contributed by atoms with van der Waals surface area (Å²) in [5, 5.41) is 9.18. The Morgan fingerprint density at radius 2 is 1.80 bits per heavy atom. The summed E-state index contributed by atoms with van der Waals surface area (Å²) in [7, 11) is 0. The Bertz CT molecular complexity index is 1150. The van der Waals surface area contributed by atoms with Crippen LogP contribution in [0, 0.1) is 0 Å². The Hall–Kier alpha value is -3.41. The zero-order valence-corrected chi connectivity index (χ0v) is 17.0. The minimum Gasteiger partial charge on any atom is -0.368 e. The molecule has 2 aromatic carbocycles. The van der Waals surface area contributed by atoms with Gasteiger partial charge < -0.3 is 11.1 Å². The van der Waals surface area contributed by atoms with Gasteiger partial charge in [-0.1, -0.05) is 55.7 Å². The van der Waals surface area contributed by atoms with Crippen LogP contribution in [-0.2, 0) is 6.54 Å². The van der Waals surface area contributed by atoms with E-state index in [-0.39, 0.29) is 0 Å². The van der Waals surface area contributed by atoms with Crippen LogP contribution in [0.25, 0.3) is 22.0 Å². The zero-order valence-electron chi connectivity index (χ0n) is 17.0. The Kier molecular flexibility index (Phi) is 5.05. The van der Waals surface area contributed by atoms with E-state index in [1.54, 1.807) is 0 Å². The maximum Gasteiger partial charge on any atom is 0.222 e. The molecule has 6 nitrogen and oxygen atoms in total. The molecule has 0 radical (unpaired) electrons. The number of nitrogens with zero attached hydrogens (tertiary/aromatic N) is 4. The molecule has 2 heterocycles. The summed E-state index contributed by atoms with van der Waals surface area (Å²) in [6.07, 6.45) is 10.2. The third-order valence-electron chi connectivity index (χ3n) is 5.81. The van der Waals surface area contributed by atoms with Crippen LogP contribution in [0.3, 0.4) is 0 Å². The van der Waals surface area contributed by atoms with Crippen LogP contribution in [0.2, 0.25) is 0 Å². The molecule has 5 rings (SSSR count). The van der Waals surface area contributed by atoms with Crippen LogP contribution >= 0.6 is 0 Å². The summed E-state index contributed by atoms with van der Waals surface area (Å²) < 4.78 is 1.97. The molecular formula is C24H26N6. The van der Waals surface area contributed by atoms with Crippen molar-refractivity contribution in [3.8, 4) is 11.1 Å². The average molecular weight is 399 g/mol. The molecule has 3 N–H and O–H groups in total. The second kappa shape index (κ2) is 8.14. The van der Waals surface area contributed by atoms with Crippen LogP contribution in [0.1, 0.15) is 37.7 Å². The van der Waals surface area contributed by atoms with Gasteiger partial charge in [0.15, 0.2) is 0 Å². The highest BCUT2D eigenvalue weighted by Crippen LogP contribution is 2.30. The van der Waals surface area contributed by atoms with Gasteiger partial charge >= 0.3 is 0 Å². The van der Waals surface area contributed by atoms with E-state index in [9.17, 15) is 0 Å². The highest BCUT2D eigenvalue weighted by atomic mass is 15.3. The fraction of sp³-hybridized carbons (Fsp3) is 0.292. The van der Waals surface area contributed by atoms with Gasteiger partial charge in [-0.15, -0.1) is 0 Å². The number of nitrogen functional groups attached to an aromatic ring is 1. The molecule has 0 spiro atoms. The zero-order chi connectivity index (χ0) is 20.3. The average Bonchev–Trinajstić information content (AvgIpc) is 3.23. The monoisotopic (exact) mass is 398 g/mol. The number of benzene rings is 2. The van der Waals surface area contributed by atoms with E-state index in [0.29, 0.717) is 12.0 Å². The van der Waals surface area contributed by atoms with Gasteiger partial charge in [-0.25, -0.2) is 4.98 Å². The quantitative estimate of drug-likeness (QED) is 0.501. The van der Waals surface area contributed by atoms with Crippen molar-refractivity contribution in [2.24, 2.45) is 0 Å². The lowest BCUT2D eigenvalue weighted by Crippen LogP contribution is -2.23. The molecule has 0 aliphatic heterocycles. The Morgan fingerprint density at radius 1 is 0.967 bits per heavy atom. The standard InChI is InChI=1S/C24H26N6/c25-24-28-22-12-11-18(13-21(22)23(29-24)27-20-9-5-2-6-10-20)19-14-26-30(16-19)15-17-7-3-1-4-8-17/h1,3-4,7-8,11-14,16,20H,2,5-6,9-10,15H2,(H3,25,27,28,29). The molecule has 1 fully saturated rings. The van der Waals surface area contributed by atoms with E-state index < -0.39 is 0 Å². The number of nitrogens with two attached hydrogens (primary N) is 1. The van der Waals surface area contributed by atoms with Gasteiger partial charge in [-0.05, 0) is 36.1 Å². The normalized spacial score (nSPS) is 14.8. The van der Waals surface area contributed by atoms with Gasteiger partial charge in [0.1, 0.15) is 5.82 Å². The Morgan fingerprint density at radius 3 is 2.63 bits per heavy atom. The number of rotatable bonds is 5. The van der Waals surface area contributed by atoms with Gasteiger partial charge in [-0.3, -0.25) is 4.68 Å². The number of hydrogen-bond donors (Lipinski definition) is 2. The lowest BCUT2D eigenvalue weighted by Gasteiger charge is -2.24. The Balaban J connectivity index is 1.45. The highest BCUT2D eigenvalue weighted by Gasteiger charge is 2.16. The molecule has 1 aliphatic rings. The third kappa shape index (κ3) is 3.99. The van der Waals surface area contributed by atoms with Gasteiger partial charge in [0.05, 0.1) is 18.3 Å². The predicted octanol–water partition coefficient (Wildman–Crippen LogP) is 4.87. The second-order valence-electron chi connectivity index (χ2n) is 8.05. The maximum atomic E-state index is 5.98. The number of anilines is 2. The molecule has 0 bridgehead atoms. The largest absolute Gasteiger partial charge is 0.368 e. The fourth-order valence-corrected chi connectivity index (χ4v) is 4.25. The SMILES string of the molecule is Nc1nc(NC2CCCCC2)c2cc(-c3cnn(Cc4ccccc4)c3)ccc2n1. The summed E-state index contributed by atoms with van der Waals surface area (Å²) in [4.78, 5) is 8.96. The lowest BCUT2D eigenvalue weighted by atomic mass is 9.95. The van der Waals surface area contributed by atoms with E-state index >= 15 is 0 Å². The minimum atomic E-state index is 0.309. The molecule has 0 saturated heterocycles. The first-order valence-electron chi connectivity index (χ1n) is 10.7. The van der Waals surface area contributed by atoms with Crippen molar-refractivity contribution < 1.29 is 0 Å². The van der Waals surface area contributed by atoms with Gasteiger partial charge in [-0.2, -0.15) is 10.1 Å². The van der Waals surface area contributed by atoms with E-state index in [4.69, 9.17) is 5.73 Å². The molecule has 6 heteroatoms. The van der Waals surface area contributed by atoms with Crippen molar-refractivity contribution in [2.75, 3.05) is 11.1 Å². The molecule has 30 heavy (non-hydrogen) atoms. The first-order valence-corrected chi connectivity index (χ1v) is 10.7. The number of aromatic nitrogens is 4. The highest BCUT2D eigenvalue weighted by molar-refractivity contribution is 5.93. The summed E-state index contributed by atoms with van der Waals surface area (Å²) in [5.41, 5.74) is 10.2. The third-order valence-corrected chi connectivity index (χ3v) is 5.81. The summed E-state index contributed by atoms with van der Waals surface area (Å²) in [6.45, 7) is 0.753. The molecule has 2 aromatic heterocycles. The smallest absolute Gasteiger partial charge is 0.222 e. The van der Waals surface area contributed by atoms with Crippen molar-refractivity contribution in [3.63, 3.8) is 0 Å². The van der Waals surface area contributed by atoms with Crippen LogP contribution in [0.15, 0.2) is 60.9 Å². The van der Waals surface area contributed by atoms with Crippen molar-refractivity contribution in [1.29, 1.82) is 0 Å². The first-order chi connectivity index (χ1) is 14.7. The number of fused-ring (bicyclic) bond motifs is 1. The van der Waals surface area contributed by atoms with Crippen molar-refractivity contribution >= 4 is 22.7 Å². The first kappa shape index (κ1) is 18.6. The minimum absolute atomic E-state index is 0.309. The van der Waals surface area contributed by atoms with Crippen LogP contribution in [0.5, 0.6) is 0 Å². The fourth-order valence-electron chi connectivity index (χ4n) is 4.25.